The number of carboxylic acid groups (broad SMARTS) is 1. The molecule has 0 unspecified atom stereocenters. The minimum Gasteiger partial charge on any atom is -0.480 e. The maximum absolute atomic E-state index is 12.4. The Morgan fingerprint density at radius 3 is 1.91 bits per heavy atom. The number of hydrogen-bond donors (Lipinski definition) is 11. The highest BCUT2D eigenvalue weighted by Crippen LogP contribution is 2.55. The lowest BCUT2D eigenvalue weighted by Crippen LogP contribution is -2.90. The van der Waals surface area contributed by atoms with Gasteiger partial charge in [0.05, 0.1) is 0 Å². The Morgan fingerprint density at radius 2 is 1.49 bits per heavy atom. The van der Waals surface area contributed by atoms with Gasteiger partial charge in [0.15, 0.2) is 5.78 Å². The van der Waals surface area contributed by atoms with E-state index in [2.05, 4.69) is 10.1 Å². The molecule has 16 heteroatoms. The molecule has 1 aromatic carbocycles. The molecule has 1 fully saturated rings. The van der Waals surface area contributed by atoms with E-state index in [4.69, 9.17) is 0 Å². The van der Waals surface area contributed by atoms with Crippen LogP contribution in [0.15, 0.2) is 24.3 Å². The molecule has 1 saturated heterocycles. The summed E-state index contributed by atoms with van der Waals surface area (Å²) in [6.45, 7) is 2.17. The zero-order chi connectivity index (χ0) is 27.2. The van der Waals surface area contributed by atoms with Gasteiger partial charge in [0.1, 0.15) is 6.04 Å². The summed E-state index contributed by atoms with van der Waals surface area (Å²) in [5.41, 5.74) is -3.31. The van der Waals surface area contributed by atoms with Crippen molar-refractivity contribution in [2.75, 3.05) is 5.75 Å². The summed E-state index contributed by atoms with van der Waals surface area (Å²) < 4.78 is 4.46. The molecule has 0 radical (unpaired) electrons. The van der Waals surface area contributed by atoms with E-state index in [1.54, 1.807) is 19.1 Å². The molecule has 0 aliphatic carbocycles. The lowest BCUT2D eigenvalue weighted by Gasteiger charge is -2.60. The molecule has 1 heterocycles. The molecular weight excluding hydrogens is 498 g/mol. The second-order valence-corrected chi connectivity index (χ2v) is 9.08. The number of aliphatic hydroxyl groups is 9. The summed E-state index contributed by atoms with van der Waals surface area (Å²) in [6.07, 6.45) is -3.39. The van der Waals surface area contributed by atoms with Gasteiger partial charge < -0.3 is 56.4 Å². The van der Waals surface area contributed by atoms with E-state index in [1.165, 1.54) is 12.1 Å². The van der Waals surface area contributed by atoms with Gasteiger partial charge in [0.2, 0.25) is 11.9 Å². The number of aliphatic carboxylic acids is 1. The molecule has 15 nitrogen and oxygen atoms in total. The van der Waals surface area contributed by atoms with Crippen molar-refractivity contribution in [3.63, 3.8) is 0 Å². The van der Waals surface area contributed by atoms with E-state index in [0.29, 0.717) is 6.92 Å². The summed E-state index contributed by atoms with van der Waals surface area (Å²) in [4.78, 5) is 36.2. The van der Waals surface area contributed by atoms with E-state index in [-0.39, 0.29) is 17.3 Å². The molecule has 2 rings (SSSR count). The molecule has 4 atom stereocenters. The number of aliphatic hydroxyl groups excluding tert-OH is 1. The summed E-state index contributed by atoms with van der Waals surface area (Å²) in [5.74, 6) is -19.0. The number of hydrogen-bond acceptors (Lipinski definition) is 14. The first-order valence-corrected chi connectivity index (χ1v) is 10.6. The minimum absolute atomic E-state index is 0.0348. The van der Waals surface area contributed by atoms with Crippen LogP contribution in [0.4, 0.5) is 0 Å². The summed E-state index contributed by atoms with van der Waals surface area (Å²) in [7, 11) is 0. The molecule has 0 saturated carbocycles. The van der Waals surface area contributed by atoms with Crippen LogP contribution in [0.2, 0.25) is 0 Å². The SMILES string of the molecule is CC(=O)[C@]1(O)C(O)(O)C(O)(O)[C@@](O)(C(O)O)O[C@@]1(O)SC[C@H](NC(=O)c1ccc(C)cc1)C(=O)O. The molecule has 11 N–H and O–H groups in total. The van der Waals surface area contributed by atoms with E-state index in [1.807, 2.05) is 0 Å². The van der Waals surface area contributed by atoms with Crippen LogP contribution in [-0.4, -0.2) is 115 Å². The van der Waals surface area contributed by atoms with Crippen LogP contribution >= 0.6 is 11.8 Å². The lowest BCUT2D eigenvalue weighted by molar-refractivity contribution is -0.569. The van der Waals surface area contributed by atoms with Crippen LogP contribution in [0.3, 0.4) is 0 Å². The number of nitrogens with one attached hydrogen (secondary N) is 1. The first-order valence-electron chi connectivity index (χ1n) is 9.66. The number of aryl methyl sites for hydroxylation is 1. The van der Waals surface area contributed by atoms with Gasteiger partial charge in [-0.25, -0.2) is 4.79 Å². The number of ether oxygens (including phenoxy) is 1. The number of ketones is 1. The summed E-state index contributed by atoms with van der Waals surface area (Å²) in [5, 5.41) is 98.8. The van der Waals surface area contributed by atoms with Crippen LogP contribution in [0.1, 0.15) is 22.8 Å². The third-order valence-corrected chi connectivity index (χ3v) is 6.73. The van der Waals surface area contributed by atoms with Gasteiger partial charge in [-0.2, -0.15) is 0 Å². The number of carbonyl (C=O) groups excluding carboxylic acids is 2. The van der Waals surface area contributed by atoms with Crippen molar-refractivity contribution in [3.05, 3.63) is 35.4 Å². The number of amides is 1. The smallest absolute Gasteiger partial charge is 0.327 e. The van der Waals surface area contributed by atoms with Crippen LogP contribution in [-0.2, 0) is 14.3 Å². The van der Waals surface area contributed by atoms with E-state index >= 15 is 0 Å². The largest absolute Gasteiger partial charge is 0.480 e. The standard InChI is InChI=1S/C19H25NO14S/c1-8-3-5-10(6-4-8)12(22)20-11(13(23)24)7-35-19(33)15(27,9(2)21)17(29,30)18(31,32)16(28,34-19)14(25)26/h3-6,11,14,25-33H,7H2,1-2H3,(H,20,22)(H,23,24)/t11-,15-,16+,19+/m0/s1. The Morgan fingerprint density at radius 1 is 0.971 bits per heavy atom. The van der Waals surface area contributed by atoms with Gasteiger partial charge >= 0.3 is 5.97 Å². The maximum Gasteiger partial charge on any atom is 0.327 e. The first-order chi connectivity index (χ1) is 15.8. The molecule has 0 aromatic heterocycles. The van der Waals surface area contributed by atoms with E-state index in [9.17, 15) is 65.4 Å². The summed E-state index contributed by atoms with van der Waals surface area (Å²) in [6, 6.07) is 3.96. The predicted octanol–water partition coefficient (Wildman–Crippen LogP) is -4.73. The predicted molar refractivity (Wildman–Crippen MR) is 112 cm³/mol. The number of thioether (sulfide) groups is 1. The average molecular weight is 523 g/mol. The van der Waals surface area contributed by atoms with Crippen molar-refractivity contribution in [1.82, 2.24) is 5.32 Å². The van der Waals surface area contributed by atoms with Crippen molar-refractivity contribution in [2.45, 2.75) is 54.3 Å². The quantitative estimate of drug-likeness (QED) is 0.143. The maximum atomic E-state index is 12.4. The Hall–Kier alpha value is -2.22. The minimum atomic E-state index is -4.64. The molecule has 196 valence electrons. The van der Waals surface area contributed by atoms with Crippen molar-refractivity contribution in [3.8, 4) is 0 Å². The van der Waals surface area contributed by atoms with Gasteiger partial charge in [0, 0.05) is 11.3 Å². The monoisotopic (exact) mass is 523 g/mol. The normalized spacial score (nSPS) is 30.5. The molecule has 35 heavy (non-hydrogen) atoms. The molecule has 1 amide bonds. The Bertz CT molecular complexity index is 998. The Kier molecular flexibility index (Phi) is 7.74. The van der Waals surface area contributed by atoms with Crippen LogP contribution < -0.4 is 5.32 Å². The number of Topliss-reactive ketones (excluding diaryl/α,β-unsaturated/α-hetero) is 1. The van der Waals surface area contributed by atoms with Gasteiger partial charge in [-0.3, -0.25) is 14.3 Å². The Balaban J connectivity index is 2.44. The number of carboxylic acids is 1. The third kappa shape index (κ3) is 4.43. The number of rotatable bonds is 8. The highest BCUT2D eigenvalue weighted by Gasteiger charge is 2.86. The Labute approximate surface area is 200 Å². The molecule has 0 spiro atoms. The highest BCUT2D eigenvalue weighted by atomic mass is 32.2. The molecular formula is C19H25NO14S. The van der Waals surface area contributed by atoms with E-state index in [0.717, 1.165) is 5.56 Å². The molecule has 1 aliphatic rings. The van der Waals surface area contributed by atoms with Crippen molar-refractivity contribution >= 4 is 29.4 Å². The van der Waals surface area contributed by atoms with Crippen molar-refractivity contribution < 1.29 is 70.2 Å². The fourth-order valence-corrected chi connectivity index (χ4v) is 4.53. The number of carbonyl (C=O) groups is 3. The van der Waals surface area contributed by atoms with Gasteiger partial charge in [-0.15, -0.1) is 0 Å². The van der Waals surface area contributed by atoms with Crippen LogP contribution in [0.5, 0.6) is 0 Å². The highest BCUT2D eigenvalue weighted by molar-refractivity contribution is 8.00. The molecule has 1 aliphatic heterocycles. The third-order valence-electron chi connectivity index (χ3n) is 5.46. The van der Waals surface area contributed by atoms with Crippen LogP contribution in [0.25, 0.3) is 0 Å². The average Bonchev–Trinajstić information content (AvgIpc) is 2.74. The topological polar surface area (TPSA) is 275 Å². The van der Waals surface area contributed by atoms with Gasteiger partial charge in [-0.1, -0.05) is 29.5 Å². The van der Waals surface area contributed by atoms with Gasteiger partial charge in [0.25, 0.3) is 28.4 Å². The van der Waals surface area contributed by atoms with Crippen molar-refractivity contribution in [2.24, 2.45) is 0 Å². The first kappa shape index (κ1) is 29.0. The van der Waals surface area contributed by atoms with Crippen LogP contribution in [0, 0.1) is 6.92 Å². The molecule has 1 aromatic rings. The van der Waals surface area contributed by atoms with Crippen molar-refractivity contribution in [1.29, 1.82) is 0 Å². The molecule has 0 bridgehead atoms. The second-order valence-electron chi connectivity index (χ2n) is 7.91. The zero-order valence-electron chi connectivity index (χ0n) is 18.2. The summed E-state index contributed by atoms with van der Waals surface area (Å²) >= 11 is -0.324. The fraction of sp³-hybridized carbons (Fsp3) is 0.526. The zero-order valence-corrected chi connectivity index (χ0v) is 19.0. The lowest BCUT2D eigenvalue weighted by atomic mass is 9.76. The second kappa shape index (κ2) is 9.34. The van der Waals surface area contributed by atoms with E-state index < -0.39 is 63.8 Å². The number of benzene rings is 1. The fourth-order valence-electron chi connectivity index (χ4n) is 3.23. The van der Waals surface area contributed by atoms with Gasteiger partial charge in [-0.05, 0) is 26.0 Å².